The molecule has 3 atom stereocenters. The first-order chi connectivity index (χ1) is 6.21. The summed E-state index contributed by atoms with van der Waals surface area (Å²) < 4.78 is 0. The van der Waals surface area contributed by atoms with Crippen molar-refractivity contribution in [1.82, 2.24) is 4.90 Å². The first-order valence-corrected chi connectivity index (χ1v) is 5.98. The van der Waals surface area contributed by atoms with Crippen molar-refractivity contribution in [3.05, 3.63) is 0 Å². The van der Waals surface area contributed by atoms with Gasteiger partial charge in [-0.2, -0.15) is 0 Å². The zero-order chi connectivity index (χ0) is 10.7. The lowest BCUT2D eigenvalue weighted by atomic mass is 9.82. The summed E-state index contributed by atoms with van der Waals surface area (Å²) in [7, 11) is 0. The normalized spacial score (nSPS) is 38.6. The Morgan fingerprint density at radius 2 is 1.57 bits per heavy atom. The third kappa shape index (κ3) is 1.60. The highest BCUT2D eigenvalue weighted by atomic mass is 15.3. The quantitative estimate of drug-likeness (QED) is 0.574. The average Bonchev–Trinajstić information content (AvgIpc) is 2.56. The number of piperidine rings is 1. The van der Waals surface area contributed by atoms with E-state index in [1.54, 1.807) is 0 Å². The number of hydrogen-bond acceptors (Lipinski definition) is 1. The lowest BCUT2D eigenvalue weighted by Gasteiger charge is -2.45. The van der Waals surface area contributed by atoms with E-state index in [2.05, 4.69) is 46.4 Å². The molecule has 0 bridgehead atoms. The average molecular weight is 195 g/mol. The fourth-order valence-electron chi connectivity index (χ4n) is 3.27. The Morgan fingerprint density at radius 1 is 1.00 bits per heavy atom. The summed E-state index contributed by atoms with van der Waals surface area (Å²) in [6.07, 6.45) is 1.49. The molecule has 1 heterocycles. The molecule has 0 amide bonds. The standard InChI is InChI=1S/C13H25N/c1-12(2,3)11-10-7-9(10)8-14(11)13(4,5)6/h9-11H,7-8H2,1-6H3/t9?,10-,11-/m0/s1. The summed E-state index contributed by atoms with van der Waals surface area (Å²) in [5.41, 5.74) is 0.800. The predicted octanol–water partition coefficient (Wildman–Crippen LogP) is 3.15. The van der Waals surface area contributed by atoms with E-state index in [1.165, 1.54) is 13.0 Å². The minimum atomic E-state index is 0.353. The molecule has 0 radical (unpaired) electrons. The van der Waals surface area contributed by atoms with E-state index in [0.29, 0.717) is 11.0 Å². The maximum atomic E-state index is 2.74. The van der Waals surface area contributed by atoms with Crippen LogP contribution in [0.5, 0.6) is 0 Å². The van der Waals surface area contributed by atoms with Crippen LogP contribution in [0.3, 0.4) is 0 Å². The van der Waals surface area contributed by atoms with Crippen molar-refractivity contribution in [3.63, 3.8) is 0 Å². The first-order valence-electron chi connectivity index (χ1n) is 5.98. The van der Waals surface area contributed by atoms with E-state index in [4.69, 9.17) is 0 Å². The van der Waals surface area contributed by atoms with E-state index >= 15 is 0 Å². The third-order valence-electron chi connectivity index (χ3n) is 3.90. The molecular weight excluding hydrogens is 170 g/mol. The molecule has 1 unspecified atom stereocenters. The van der Waals surface area contributed by atoms with Crippen molar-refractivity contribution >= 4 is 0 Å². The van der Waals surface area contributed by atoms with Crippen LogP contribution in [0.25, 0.3) is 0 Å². The lowest BCUT2D eigenvalue weighted by Crippen LogP contribution is -2.51. The molecule has 0 aromatic rings. The Kier molecular flexibility index (Phi) is 2.06. The maximum absolute atomic E-state index is 2.74. The molecule has 1 aliphatic heterocycles. The van der Waals surface area contributed by atoms with E-state index < -0.39 is 0 Å². The van der Waals surface area contributed by atoms with Gasteiger partial charge in [-0.15, -0.1) is 0 Å². The minimum absolute atomic E-state index is 0.353. The topological polar surface area (TPSA) is 3.24 Å². The zero-order valence-electron chi connectivity index (χ0n) is 10.6. The van der Waals surface area contributed by atoms with Gasteiger partial charge in [-0.3, -0.25) is 4.90 Å². The minimum Gasteiger partial charge on any atom is -0.294 e. The number of fused-ring (bicyclic) bond motifs is 1. The third-order valence-corrected chi connectivity index (χ3v) is 3.90. The molecule has 1 saturated carbocycles. The molecule has 1 aliphatic carbocycles. The fraction of sp³-hybridized carbons (Fsp3) is 1.00. The molecule has 2 fully saturated rings. The molecule has 82 valence electrons. The van der Waals surface area contributed by atoms with Gasteiger partial charge < -0.3 is 0 Å². The van der Waals surface area contributed by atoms with Crippen LogP contribution in [-0.2, 0) is 0 Å². The molecule has 1 saturated heterocycles. The smallest absolute Gasteiger partial charge is 0.0180 e. The van der Waals surface area contributed by atoms with Gasteiger partial charge in [-0.25, -0.2) is 0 Å². The number of hydrogen-bond donors (Lipinski definition) is 0. The second kappa shape index (κ2) is 2.75. The SMILES string of the molecule is CC(C)(C)[C@@H]1[C@H]2CC2CN1C(C)(C)C. The first kappa shape index (κ1) is 10.5. The van der Waals surface area contributed by atoms with Crippen LogP contribution in [0.2, 0.25) is 0 Å². The second-order valence-electron chi connectivity index (χ2n) is 7.29. The van der Waals surface area contributed by atoms with Gasteiger partial charge in [-0.1, -0.05) is 20.8 Å². The van der Waals surface area contributed by atoms with E-state index in [0.717, 1.165) is 17.9 Å². The molecule has 0 aromatic heterocycles. The van der Waals surface area contributed by atoms with Crippen LogP contribution in [0.1, 0.15) is 48.0 Å². The Bertz CT molecular complexity index is 231. The van der Waals surface area contributed by atoms with Gasteiger partial charge in [0.25, 0.3) is 0 Å². The molecule has 0 N–H and O–H groups in total. The molecule has 14 heavy (non-hydrogen) atoms. The van der Waals surface area contributed by atoms with E-state index in [-0.39, 0.29) is 0 Å². The van der Waals surface area contributed by atoms with Crippen molar-refractivity contribution in [2.45, 2.75) is 59.5 Å². The summed E-state index contributed by atoms with van der Waals surface area (Å²) in [6.45, 7) is 15.6. The van der Waals surface area contributed by atoms with Gasteiger partial charge >= 0.3 is 0 Å². The maximum Gasteiger partial charge on any atom is 0.0180 e. The van der Waals surface area contributed by atoms with Gasteiger partial charge in [0.1, 0.15) is 0 Å². The van der Waals surface area contributed by atoms with Crippen molar-refractivity contribution in [3.8, 4) is 0 Å². The Balaban J connectivity index is 2.20. The van der Waals surface area contributed by atoms with Crippen LogP contribution in [-0.4, -0.2) is 23.0 Å². The highest BCUT2D eigenvalue weighted by molar-refractivity contribution is 5.10. The largest absolute Gasteiger partial charge is 0.294 e. The number of rotatable bonds is 0. The highest BCUT2D eigenvalue weighted by Crippen LogP contribution is 2.56. The number of likely N-dealkylation sites (tertiary alicyclic amines) is 1. The van der Waals surface area contributed by atoms with Crippen molar-refractivity contribution in [2.24, 2.45) is 17.3 Å². The molecule has 1 heteroatoms. The highest BCUT2D eigenvalue weighted by Gasteiger charge is 2.57. The van der Waals surface area contributed by atoms with Gasteiger partial charge in [0.05, 0.1) is 0 Å². The zero-order valence-corrected chi connectivity index (χ0v) is 10.6. The summed E-state index contributed by atoms with van der Waals surface area (Å²) in [6, 6.07) is 0.812. The van der Waals surface area contributed by atoms with Crippen LogP contribution >= 0.6 is 0 Å². The summed E-state index contributed by atoms with van der Waals surface area (Å²) in [5, 5.41) is 0. The summed E-state index contributed by atoms with van der Waals surface area (Å²) in [4.78, 5) is 2.74. The summed E-state index contributed by atoms with van der Waals surface area (Å²) >= 11 is 0. The second-order valence-corrected chi connectivity index (χ2v) is 7.29. The summed E-state index contributed by atoms with van der Waals surface area (Å²) in [5.74, 6) is 2.03. The Morgan fingerprint density at radius 3 is 1.93 bits per heavy atom. The molecule has 1 nitrogen and oxygen atoms in total. The van der Waals surface area contributed by atoms with Crippen LogP contribution in [0.15, 0.2) is 0 Å². The van der Waals surface area contributed by atoms with Crippen LogP contribution in [0.4, 0.5) is 0 Å². The van der Waals surface area contributed by atoms with E-state index in [1.807, 2.05) is 0 Å². The molecule has 2 rings (SSSR count). The molecule has 0 spiro atoms. The van der Waals surface area contributed by atoms with Gasteiger partial charge in [0.15, 0.2) is 0 Å². The molecule has 2 aliphatic rings. The monoisotopic (exact) mass is 195 g/mol. The van der Waals surface area contributed by atoms with Crippen molar-refractivity contribution in [2.75, 3.05) is 6.54 Å². The molecule has 0 aromatic carbocycles. The van der Waals surface area contributed by atoms with Gasteiger partial charge in [-0.05, 0) is 44.4 Å². The Hall–Kier alpha value is -0.0400. The van der Waals surface area contributed by atoms with Gasteiger partial charge in [0.2, 0.25) is 0 Å². The predicted molar refractivity (Wildman–Crippen MR) is 61.3 cm³/mol. The van der Waals surface area contributed by atoms with E-state index in [9.17, 15) is 0 Å². The van der Waals surface area contributed by atoms with Crippen molar-refractivity contribution < 1.29 is 0 Å². The van der Waals surface area contributed by atoms with Crippen LogP contribution in [0, 0.1) is 17.3 Å². The lowest BCUT2D eigenvalue weighted by molar-refractivity contribution is 0.0375. The Labute approximate surface area is 88.9 Å². The van der Waals surface area contributed by atoms with Crippen LogP contribution < -0.4 is 0 Å². The van der Waals surface area contributed by atoms with Crippen molar-refractivity contribution in [1.29, 1.82) is 0 Å². The molecular formula is C13H25N. The van der Waals surface area contributed by atoms with Gasteiger partial charge in [0, 0.05) is 18.1 Å². The number of nitrogens with zero attached hydrogens (tertiary/aromatic N) is 1. The fourth-order valence-corrected chi connectivity index (χ4v) is 3.27.